The van der Waals surface area contributed by atoms with Gasteiger partial charge in [0.05, 0.1) is 37.0 Å². The summed E-state index contributed by atoms with van der Waals surface area (Å²) in [5.41, 5.74) is 12.6. The van der Waals surface area contributed by atoms with E-state index in [2.05, 4.69) is 161 Å². The van der Waals surface area contributed by atoms with Crippen LogP contribution in [0.25, 0.3) is 97.5 Å². The summed E-state index contributed by atoms with van der Waals surface area (Å²) in [6, 6.07) is 54.4. The quantitative estimate of drug-likeness (QED) is 0.187. The van der Waals surface area contributed by atoms with Crippen LogP contribution in [0.2, 0.25) is 0 Å². The maximum Gasteiger partial charge on any atom is 0.0896 e. The Morgan fingerprint density at radius 1 is 0.412 bits per heavy atom. The van der Waals surface area contributed by atoms with Crippen molar-refractivity contribution >= 4 is 75.3 Å². The lowest BCUT2D eigenvalue weighted by atomic mass is 10.0. The van der Waals surface area contributed by atoms with Gasteiger partial charge in [0.15, 0.2) is 0 Å². The minimum atomic E-state index is 1.02. The van der Waals surface area contributed by atoms with E-state index in [-0.39, 0.29) is 0 Å². The van der Waals surface area contributed by atoms with Crippen molar-refractivity contribution in [2.45, 2.75) is 0 Å². The first kappa shape index (κ1) is 28.3. The van der Waals surface area contributed by atoms with Crippen molar-refractivity contribution in [3.63, 3.8) is 0 Å². The van der Waals surface area contributed by atoms with Crippen LogP contribution in [0.5, 0.6) is 0 Å². The summed E-state index contributed by atoms with van der Waals surface area (Å²) in [4.78, 5) is 9.88. The van der Waals surface area contributed by atoms with Gasteiger partial charge in [-0.3, -0.25) is 9.97 Å². The Morgan fingerprint density at radius 3 is 1.61 bits per heavy atom. The number of hydrogen-bond donors (Lipinski definition) is 0. The Balaban J connectivity index is 1.06. The second-order valence-electron chi connectivity index (χ2n) is 13.1. The van der Waals surface area contributed by atoms with Crippen LogP contribution in [0.3, 0.4) is 0 Å². The summed E-state index contributed by atoms with van der Waals surface area (Å²) >= 11 is 1.76. The molecule has 0 bridgehead atoms. The van der Waals surface area contributed by atoms with E-state index in [9.17, 15) is 0 Å². The number of aromatic nitrogens is 4. The summed E-state index contributed by atoms with van der Waals surface area (Å²) in [5, 5.41) is 6.10. The number of pyridine rings is 2. The second kappa shape index (κ2) is 11.0. The van der Waals surface area contributed by atoms with Gasteiger partial charge >= 0.3 is 0 Å². The first-order valence-corrected chi connectivity index (χ1v) is 18.0. The van der Waals surface area contributed by atoms with Crippen LogP contribution in [0.1, 0.15) is 0 Å². The van der Waals surface area contributed by atoms with Crippen LogP contribution >= 0.6 is 11.3 Å². The predicted molar refractivity (Wildman–Crippen MR) is 214 cm³/mol. The summed E-state index contributed by atoms with van der Waals surface area (Å²) in [6.45, 7) is 0. The van der Waals surface area contributed by atoms with Gasteiger partial charge in [-0.05, 0) is 77.9 Å². The van der Waals surface area contributed by atoms with Gasteiger partial charge in [-0.15, -0.1) is 11.3 Å². The Bertz CT molecular complexity index is 3130. The fourth-order valence-electron chi connectivity index (χ4n) is 7.97. The van der Waals surface area contributed by atoms with Gasteiger partial charge in [0.2, 0.25) is 0 Å². The van der Waals surface area contributed by atoms with Crippen molar-refractivity contribution in [1.29, 1.82) is 0 Å². The number of nitrogens with zero attached hydrogens (tertiary/aromatic N) is 4. The highest BCUT2D eigenvalue weighted by Crippen LogP contribution is 2.42. The lowest BCUT2D eigenvalue weighted by Crippen LogP contribution is -1.93. The van der Waals surface area contributed by atoms with E-state index in [1.54, 1.807) is 11.3 Å². The highest BCUT2D eigenvalue weighted by atomic mass is 32.1. The Morgan fingerprint density at radius 2 is 0.961 bits per heavy atom. The molecule has 0 aliphatic carbocycles. The molecule has 11 aromatic rings. The lowest BCUT2D eigenvalue weighted by Gasteiger charge is -2.09. The maximum absolute atomic E-state index is 5.16. The molecule has 0 fully saturated rings. The molecule has 11 rings (SSSR count). The summed E-state index contributed by atoms with van der Waals surface area (Å²) in [5.74, 6) is 0. The zero-order valence-electron chi connectivity index (χ0n) is 27.4. The van der Waals surface area contributed by atoms with Crippen LogP contribution in [0.4, 0.5) is 0 Å². The van der Waals surface area contributed by atoms with Crippen molar-refractivity contribution in [2.24, 2.45) is 0 Å². The summed E-state index contributed by atoms with van der Waals surface area (Å²) < 4.78 is 7.01. The average molecular weight is 669 g/mol. The lowest BCUT2D eigenvalue weighted by molar-refractivity contribution is 1.18. The highest BCUT2D eigenvalue weighted by molar-refractivity contribution is 7.25. The molecule has 6 aromatic carbocycles. The van der Waals surface area contributed by atoms with Gasteiger partial charge in [0.1, 0.15) is 0 Å². The molecule has 0 N–H and O–H groups in total. The molecule has 0 aliphatic heterocycles. The maximum atomic E-state index is 5.16. The average Bonchev–Trinajstić information content (AvgIpc) is 3.85. The molecule has 4 nitrogen and oxygen atoms in total. The molecule has 0 atom stereocenters. The van der Waals surface area contributed by atoms with E-state index in [0.29, 0.717) is 0 Å². The first-order valence-electron chi connectivity index (χ1n) is 17.1. The third kappa shape index (κ3) is 4.25. The molecule has 0 aliphatic rings. The van der Waals surface area contributed by atoms with Gasteiger partial charge in [-0.1, -0.05) is 84.9 Å². The van der Waals surface area contributed by atoms with Crippen LogP contribution < -0.4 is 0 Å². The van der Waals surface area contributed by atoms with Crippen LogP contribution in [-0.4, -0.2) is 19.1 Å². The van der Waals surface area contributed by atoms with Gasteiger partial charge in [-0.25, -0.2) is 0 Å². The third-order valence-electron chi connectivity index (χ3n) is 10.2. The number of thiophene rings is 1. The number of para-hydroxylation sites is 4. The van der Waals surface area contributed by atoms with Gasteiger partial charge in [0, 0.05) is 68.0 Å². The van der Waals surface area contributed by atoms with Crippen LogP contribution in [0.15, 0.2) is 170 Å². The number of benzene rings is 6. The Kier molecular flexibility index (Phi) is 6.09. The summed E-state index contributed by atoms with van der Waals surface area (Å²) in [7, 11) is 0. The minimum absolute atomic E-state index is 1.02. The molecule has 0 spiro atoms. The van der Waals surface area contributed by atoms with E-state index >= 15 is 0 Å². The zero-order chi connectivity index (χ0) is 33.5. The molecule has 0 amide bonds. The fourth-order valence-corrected chi connectivity index (χ4v) is 9.07. The molecule has 0 unspecified atom stereocenters. The van der Waals surface area contributed by atoms with Crippen LogP contribution in [-0.2, 0) is 0 Å². The molecule has 0 saturated heterocycles. The molecule has 5 heteroatoms. The predicted octanol–water partition coefficient (Wildman–Crippen LogP) is 12.4. The topological polar surface area (TPSA) is 35.6 Å². The van der Waals surface area contributed by atoms with E-state index in [0.717, 1.165) is 53.9 Å². The highest BCUT2D eigenvalue weighted by Gasteiger charge is 2.18. The molecule has 5 aromatic heterocycles. The second-order valence-corrected chi connectivity index (χ2v) is 14.2. The van der Waals surface area contributed by atoms with Gasteiger partial charge < -0.3 is 9.13 Å². The van der Waals surface area contributed by atoms with Crippen molar-refractivity contribution in [3.8, 4) is 33.6 Å². The smallest absolute Gasteiger partial charge is 0.0896 e. The summed E-state index contributed by atoms with van der Waals surface area (Å²) in [6.07, 6.45) is 6.01. The normalized spacial score (nSPS) is 11.9. The molecule has 0 radical (unpaired) electrons. The number of fused-ring (bicyclic) bond motifs is 9. The van der Waals surface area contributed by atoms with Gasteiger partial charge in [0.25, 0.3) is 0 Å². The molecule has 51 heavy (non-hydrogen) atoms. The van der Waals surface area contributed by atoms with E-state index in [1.165, 1.54) is 43.6 Å². The molecule has 0 saturated carbocycles. The number of rotatable bonds is 4. The fraction of sp³-hybridized carbons (Fsp3) is 0. The minimum Gasteiger partial charge on any atom is -0.309 e. The largest absolute Gasteiger partial charge is 0.309 e. The van der Waals surface area contributed by atoms with Crippen molar-refractivity contribution < 1.29 is 0 Å². The third-order valence-corrected chi connectivity index (χ3v) is 11.3. The molecular weight excluding hydrogens is 641 g/mol. The van der Waals surface area contributed by atoms with Crippen LogP contribution in [0, 0.1) is 0 Å². The Hall–Kier alpha value is -6.56. The van der Waals surface area contributed by atoms with E-state index in [1.807, 2.05) is 18.6 Å². The molecular formula is C46H28N4S. The van der Waals surface area contributed by atoms with Crippen molar-refractivity contribution in [3.05, 3.63) is 170 Å². The number of hydrogen-bond acceptors (Lipinski definition) is 3. The SMILES string of the molecule is c1ccc(-n2c3ccccc3c3cc(-c4cnc5c(c4)sc4cncc(-c6ccc7c(c6)c6ccccc6n7-c6ccccc6)c45)ccc32)cc1. The van der Waals surface area contributed by atoms with Gasteiger partial charge in [-0.2, -0.15) is 0 Å². The molecule has 238 valence electrons. The van der Waals surface area contributed by atoms with Crippen molar-refractivity contribution in [1.82, 2.24) is 19.1 Å². The van der Waals surface area contributed by atoms with E-state index < -0.39 is 0 Å². The van der Waals surface area contributed by atoms with E-state index in [4.69, 9.17) is 9.97 Å². The molecule has 5 heterocycles. The standard InChI is InChI=1S/C46H28N4S/c1-3-11-32(12-4-1)49-39-17-9-7-15-34(39)36-23-29(19-21-41(36)49)31-25-43-46(48-26-31)45-38(27-47-28-44(45)51-43)30-20-22-42-37(24-30)35-16-8-10-18-40(35)50(42)33-13-5-2-6-14-33/h1-28H. The monoisotopic (exact) mass is 668 g/mol. The zero-order valence-corrected chi connectivity index (χ0v) is 28.2. The first-order chi connectivity index (χ1) is 25.3. The van der Waals surface area contributed by atoms with Crippen molar-refractivity contribution in [2.75, 3.05) is 0 Å². The Labute approximate surface area is 297 Å².